The Morgan fingerprint density at radius 3 is 2.17 bits per heavy atom. The van der Waals surface area contributed by atoms with Gasteiger partial charge in [-0.15, -0.1) is 0 Å². The molecule has 1 N–H and O–H groups in total. The molecule has 0 saturated heterocycles. The van der Waals surface area contributed by atoms with Crippen LogP contribution < -0.4 is 5.32 Å². The van der Waals surface area contributed by atoms with Crippen LogP contribution in [0, 0.1) is 12.8 Å². The average molecular weight is 269 g/mol. The van der Waals surface area contributed by atoms with E-state index in [2.05, 4.69) is 5.32 Å². The Morgan fingerprint density at radius 2 is 1.67 bits per heavy atom. The molecule has 0 aliphatic rings. The summed E-state index contributed by atoms with van der Waals surface area (Å²) >= 11 is 0. The Hall–Kier alpha value is -1.03. The zero-order valence-electron chi connectivity index (χ0n) is 11.6. The summed E-state index contributed by atoms with van der Waals surface area (Å²) in [5, 5.41) is 2.86. The van der Waals surface area contributed by atoms with Gasteiger partial charge in [-0.2, -0.15) is 0 Å². The van der Waals surface area contributed by atoms with E-state index in [0.717, 1.165) is 5.69 Å². The van der Waals surface area contributed by atoms with Crippen LogP contribution in [0.25, 0.3) is 0 Å². The Labute approximate surface area is 111 Å². The van der Waals surface area contributed by atoms with Gasteiger partial charge in [0.15, 0.2) is 9.84 Å². The number of rotatable bonds is 6. The van der Waals surface area contributed by atoms with E-state index in [1.165, 1.54) is 5.56 Å². The van der Waals surface area contributed by atoms with Crippen LogP contribution in [-0.4, -0.2) is 26.0 Å². The molecule has 1 aromatic rings. The molecule has 1 rings (SSSR count). The van der Waals surface area contributed by atoms with Crippen LogP contribution in [0.15, 0.2) is 24.3 Å². The first-order valence-electron chi connectivity index (χ1n) is 6.35. The maximum atomic E-state index is 12.0. The van der Waals surface area contributed by atoms with E-state index in [-0.39, 0.29) is 16.9 Å². The minimum Gasteiger partial charge on any atom is -0.384 e. The lowest BCUT2D eigenvalue weighted by Gasteiger charge is -2.16. The third-order valence-corrected chi connectivity index (χ3v) is 5.72. The van der Waals surface area contributed by atoms with Gasteiger partial charge in [-0.3, -0.25) is 0 Å². The number of nitrogens with one attached hydrogen (secondary N) is 1. The second-order valence-corrected chi connectivity index (χ2v) is 7.59. The SMILES string of the molecule is Cc1ccc(NCCS(=O)(=O)C(C)C(C)C)cc1. The number of aryl methyl sites for hydroxylation is 1. The van der Waals surface area contributed by atoms with Crippen LogP contribution >= 0.6 is 0 Å². The van der Waals surface area contributed by atoms with Crippen molar-refractivity contribution >= 4 is 15.5 Å². The number of hydrogen-bond acceptors (Lipinski definition) is 3. The van der Waals surface area contributed by atoms with Crippen molar-refractivity contribution in [3.63, 3.8) is 0 Å². The zero-order valence-corrected chi connectivity index (χ0v) is 12.4. The van der Waals surface area contributed by atoms with E-state index in [9.17, 15) is 8.42 Å². The fraction of sp³-hybridized carbons (Fsp3) is 0.571. The van der Waals surface area contributed by atoms with Crippen molar-refractivity contribution < 1.29 is 8.42 Å². The second-order valence-electron chi connectivity index (χ2n) is 5.11. The molecule has 102 valence electrons. The molecule has 1 atom stereocenters. The second kappa shape index (κ2) is 6.23. The van der Waals surface area contributed by atoms with Gasteiger partial charge in [-0.1, -0.05) is 31.5 Å². The van der Waals surface area contributed by atoms with E-state index in [1.807, 2.05) is 45.0 Å². The van der Waals surface area contributed by atoms with Crippen molar-refractivity contribution in [2.75, 3.05) is 17.6 Å². The van der Waals surface area contributed by atoms with Crippen molar-refractivity contribution in [3.05, 3.63) is 29.8 Å². The van der Waals surface area contributed by atoms with Crippen LogP contribution in [-0.2, 0) is 9.84 Å². The van der Waals surface area contributed by atoms with Gasteiger partial charge in [0.1, 0.15) is 0 Å². The monoisotopic (exact) mass is 269 g/mol. The van der Waals surface area contributed by atoms with Crippen LogP contribution in [0.4, 0.5) is 5.69 Å². The third-order valence-electron chi connectivity index (χ3n) is 3.27. The van der Waals surface area contributed by atoms with Gasteiger partial charge in [0, 0.05) is 12.2 Å². The topological polar surface area (TPSA) is 46.2 Å². The molecule has 0 heterocycles. The summed E-state index contributed by atoms with van der Waals surface area (Å²) in [4.78, 5) is 0. The molecule has 4 heteroatoms. The highest BCUT2D eigenvalue weighted by Gasteiger charge is 2.23. The summed E-state index contributed by atoms with van der Waals surface area (Å²) in [6, 6.07) is 7.95. The molecule has 0 aliphatic carbocycles. The summed E-state index contributed by atoms with van der Waals surface area (Å²) in [5.74, 6) is 0.342. The van der Waals surface area contributed by atoms with Crippen molar-refractivity contribution in [1.29, 1.82) is 0 Å². The van der Waals surface area contributed by atoms with Gasteiger partial charge < -0.3 is 5.32 Å². The van der Waals surface area contributed by atoms with Gasteiger partial charge >= 0.3 is 0 Å². The molecule has 0 spiro atoms. The van der Waals surface area contributed by atoms with E-state index in [0.29, 0.717) is 6.54 Å². The molecule has 0 amide bonds. The van der Waals surface area contributed by atoms with Gasteiger partial charge in [-0.05, 0) is 31.9 Å². The summed E-state index contributed by atoms with van der Waals surface area (Å²) in [6.07, 6.45) is 0. The molecule has 1 unspecified atom stereocenters. The van der Waals surface area contributed by atoms with Crippen molar-refractivity contribution in [2.45, 2.75) is 32.9 Å². The largest absolute Gasteiger partial charge is 0.384 e. The molecule has 1 aromatic carbocycles. The first-order valence-corrected chi connectivity index (χ1v) is 8.06. The van der Waals surface area contributed by atoms with E-state index < -0.39 is 9.84 Å². The van der Waals surface area contributed by atoms with E-state index in [1.54, 1.807) is 6.92 Å². The van der Waals surface area contributed by atoms with E-state index >= 15 is 0 Å². The predicted octanol–water partition coefficient (Wildman–Crippen LogP) is 2.87. The maximum absolute atomic E-state index is 12.0. The molecule has 3 nitrogen and oxygen atoms in total. The molecule has 0 bridgehead atoms. The number of sulfone groups is 1. The number of anilines is 1. The predicted molar refractivity (Wildman–Crippen MR) is 77.8 cm³/mol. The summed E-state index contributed by atoms with van der Waals surface area (Å²) in [6.45, 7) is 8.15. The van der Waals surface area contributed by atoms with Crippen LogP contribution in [0.5, 0.6) is 0 Å². The van der Waals surface area contributed by atoms with Gasteiger partial charge in [0.05, 0.1) is 11.0 Å². The minimum absolute atomic E-state index is 0.161. The van der Waals surface area contributed by atoms with Crippen molar-refractivity contribution in [2.24, 2.45) is 5.92 Å². The van der Waals surface area contributed by atoms with Crippen molar-refractivity contribution in [1.82, 2.24) is 0 Å². The molecule has 0 aromatic heterocycles. The smallest absolute Gasteiger partial charge is 0.154 e. The molecular formula is C14H23NO2S. The zero-order chi connectivity index (χ0) is 13.8. The summed E-state index contributed by atoms with van der Waals surface area (Å²) in [5.41, 5.74) is 2.16. The fourth-order valence-corrected chi connectivity index (χ4v) is 3.20. The lowest BCUT2D eigenvalue weighted by atomic mass is 10.2. The number of benzene rings is 1. The van der Waals surface area contributed by atoms with E-state index in [4.69, 9.17) is 0 Å². The van der Waals surface area contributed by atoms with Gasteiger partial charge in [0.2, 0.25) is 0 Å². The molecular weight excluding hydrogens is 246 g/mol. The lowest BCUT2D eigenvalue weighted by Crippen LogP contribution is -2.28. The lowest BCUT2D eigenvalue weighted by molar-refractivity contribution is 0.546. The fourth-order valence-electron chi connectivity index (χ4n) is 1.61. The number of hydrogen-bond donors (Lipinski definition) is 1. The molecule has 0 radical (unpaired) electrons. The van der Waals surface area contributed by atoms with Gasteiger partial charge in [-0.25, -0.2) is 8.42 Å². The van der Waals surface area contributed by atoms with Crippen LogP contribution in [0.1, 0.15) is 26.3 Å². The average Bonchev–Trinajstić information content (AvgIpc) is 2.30. The Bertz CT molecular complexity index is 463. The maximum Gasteiger partial charge on any atom is 0.154 e. The standard InChI is InChI=1S/C14H23NO2S/c1-11(2)13(4)18(16,17)10-9-15-14-7-5-12(3)6-8-14/h5-8,11,13,15H,9-10H2,1-4H3. The highest BCUT2D eigenvalue weighted by Crippen LogP contribution is 2.13. The minimum atomic E-state index is -3.00. The Kier molecular flexibility index (Phi) is 5.20. The molecule has 0 aliphatic heterocycles. The molecule has 0 saturated carbocycles. The van der Waals surface area contributed by atoms with Crippen LogP contribution in [0.3, 0.4) is 0 Å². The first-order chi connectivity index (χ1) is 8.33. The summed E-state index contributed by atoms with van der Waals surface area (Å²) in [7, 11) is -3.00. The van der Waals surface area contributed by atoms with Crippen molar-refractivity contribution in [3.8, 4) is 0 Å². The molecule has 18 heavy (non-hydrogen) atoms. The third kappa shape index (κ3) is 4.33. The van der Waals surface area contributed by atoms with Crippen LogP contribution in [0.2, 0.25) is 0 Å². The Morgan fingerprint density at radius 1 is 1.11 bits per heavy atom. The highest BCUT2D eigenvalue weighted by atomic mass is 32.2. The normalized spacial score (nSPS) is 13.6. The highest BCUT2D eigenvalue weighted by molar-refractivity contribution is 7.92. The quantitative estimate of drug-likeness (QED) is 0.863. The summed E-state index contributed by atoms with van der Waals surface area (Å²) < 4.78 is 24.0. The molecule has 0 fully saturated rings. The van der Waals surface area contributed by atoms with Gasteiger partial charge in [0.25, 0.3) is 0 Å². The first kappa shape index (κ1) is 15.0. The Balaban J connectivity index is 2.49.